The molecule has 0 aliphatic rings. The van der Waals surface area contributed by atoms with E-state index in [1.54, 1.807) is 0 Å². The number of rotatable bonds is 4. The summed E-state index contributed by atoms with van der Waals surface area (Å²) in [5, 5.41) is 20.4. The number of non-ortho nitro benzene ring substituents is 1. The molecule has 0 radical (unpaired) electrons. The van der Waals surface area contributed by atoms with Gasteiger partial charge in [-0.15, -0.1) is 0 Å². The van der Waals surface area contributed by atoms with Gasteiger partial charge in [0.25, 0.3) is 5.69 Å². The van der Waals surface area contributed by atoms with E-state index in [0.29, 0.717) is 4.47 Å². The lowest BCUT2D eigenvalue weighted by molar-refractivity contribution is -0.384. The molecule has 0 aromatic heterocycles. The number of nitro benzene ring substituents is 1. The molecule has 0 saturated heterocycles. The molecule has 1 atom stereocenters. The molecular formula is C14H11BrFNO4. The minimum atomic E-state index is -0.937. The molecule has 0 bridgehead atoms. The number of para-hydroxylation sites is 1. The Hall–Kier alpha value is -1.99. The van der Waals surface area contributed by atoms with Gasteiger partial charge in [0.2, 0.25) is 0 Å². The number of halogens is 2. The molecule has 5 nitrogen and oxygen atoms in total. The summed E-state index contributed by atoms with van der Waals surface area (Å²) in [6, 6.07) is 8.08. The summed E-state index contributed by atoms with van der Waals surface area (Å²) in [5.74, 6) is -0.725. The van der Waals surface area contributed by atoms with Crippen LogP contribution in [-0.2, 0) is 0 Å². The summed E-state index contributed by atoms with van der Waals surface area (Å²) in [5.41, 5.74) is 0.0801. The zero-order chi connectivity index (χ0) is 15.6. The SMILES string of the molecule is CC(O)c1cccc(F)c1Oc1cc([N+](=O)[O-])ccc1Br. The Morgan fingerprint density at radius 1 is 1.38 bits per heavy atom. The van der Waals surface area contributed by atoms with Crippen LogP contribution in [0.3, 0.4) is 0 Å². The van der Waals surface area contributed by atoms with Gasteiger partial charge in [-0.1, -0.05) is 12.1 Å². The van der Waals surface area contributed by atoms with Gasteiger partial charge in [0, 0.05) is 11.6 Å². The molecular weight excluding hydrogens is 345 g/mol. The van der Waals surface area contributed by atoms with Crippen LogP contribution in [0, 0.1) is 15.9 Å². The number of nitro groups is 1. The molecule has 2 aromatic carbocycles. The van der Waals surface area contributed by atoms with E-state index in [2.05, 4.69) is 15.9 Å². The fraction of sp³-hybridized carbons (Fsp3) is 0.143. The van der Waals surface area contributed by atoms with Gasteiger partial charge in [0.15, 0.2) is 11.6 Å². The number of ether oxygens (including phenoxy) is 1. The van der Waals surface area contributed by atoms with Crippen LogP contribution in [0.4, 0.5) is 10.1 Å². The van der Waals surface area contributed by atoms with Gasteiger partial charge >= 0.3 is 0 Å². The van der Waals surface area contributed by atoms with E-state index in [9.17, 15) is 19.6 Å². The lowest BCUT2D eigenvalue weighted by Crippen LogP contribution is -1.99. The third kappa shape index (κ3) is 3.37. The van der Waals surface area contributed by atoms with Gasteiger partial charge in [-0.25, -0.2) is 4.39 Å². The van der Waals surface area contributed by atoms with Crippen LogP contribution in [0.2, 0.25) is 0 Å². The molecule has 1 unspecified atom stereocenters. The summed E-state index contributed by atoms with van der Waals surface area (Å²) < 4.78 is 19.8. The maximum atomic E-state index is 13.9. The van der Waals surface area contributed by atoms with E-state index in [1.807, 2.05) is 0 Å². The molecule has 21 heavy (non-hydrogen) atoms. The molecule has 0 saturated carbocycles. The normalized spacial score (nSPS) is 12.0. The van der Waals surface area contributed by atoms with Crippen molar-refractivity contribution in [2.45, 2.75) is 13.0 Å². The van der Waals surface area contributed by atoms with Crippen LogP contribution in [-0.4, -0.2) is 10.0 Å². The number of hydrogen-bond donors (Lipinski definition) is 1. The predicted octanol–water partition coefficient (Wildman–Crippen LogP) is 4.34. The van der Waals surface area contributed by atoms with Crippen LogP contribution < -0.4 is 4.74 Å². The van der Waals surface area contributed by atoms with E-state index < -0.39 is 16.8 Å². The van der Waals surface area contributed by atoms with Gasteiger partial charge in [-0.2, -0.15) is 0 Å². The van der Waals surface area contributed by atoms with Crippen molar-refractivity contribution in [3.8, 4) is 11.5 Å². The summed E-state index contributed by atoms with van der Waals surface area (Å²) in [6.07, 6.45) is -0.937. The molecule has 2 rings (SSSR count). The second kappa shape index (κ2) is 6.19. The first-order valence-corrected chi connectivity index (χ1v) is 6.77. The van der Waals surface area contributed by atoms with Gasteiger partial charge in [0.05, 0.1) is 21.6 Å². The standard InChI is InChI=1S/C14H11BrFNO4/c1-8(18)10-3-2-4-12(16)14(10)21-13-7-9(17(19)20)5-6-11(13)15/h2-8,18H,1H3. The minimum Gasteiger partial charge on any atom is -0.452 e. The van der Waals surface area contributed by atoms with E-state index >= 15 is 0 Å². The molecule has 0 amide bonds. The molecule has 0 heterocycles. The summed E-state index contributed by atoms with van der Waals surface area (Å²) in [6.45, 7) is 1.48. The smallest absolute Gasteiger partial charge is 0.273 e. The fourth-order valence-corrected chi connectivity index (χ4v) is 2.08. The molecule has 1 N–H and O–H groups in total. The minimum absolute atomic E-state index is 0.0937. The van der Waals surface area contributed by atoms with Crippen molar-refractivity contribution in [1.82, 2.24) is 0 Å². The third-order valence-corrected chi connectivity index (χ3v) is 3.44. The van der Waals surface area contributed by atoms with Crippen LogP contribution in [0.5, 0.6) is 11.5 Å². The Balaban J connectivity index is 2.47. The predicted molar refractivity (Wildman–Crippen MR) is 77.9 cm³/mol. The Bertz CT molecular complexity index is 691. The van der Waals surface area contributed by atoms with Crippen LogP contribution >= 0.6 is 15.9 Å². The lowest BCUT2D eigenvalue weighted by atomic mass is 10.1. The van der Waals surface area contributed by atoms with Gasteiger partial charge in [0.1, 0.15) is 5.75 Å². The van der Waals surface area contributed by atoms with E-state index in [0.717, 1.165) is 0 Å². The molecule has 110 valence electrons. The fourth-order valence-electron chi connectivity index (χ4n) is 1.76. The molecule has 0 aliphatic heterocycles. The maximum absolute atomic E-state index is 13.9. The highest BCUT2D eigenvalue weighted by Crippen LogP contribution is 2.37. The number of hydrogen-bond acceptors (Lipinski definition) is 4. The Morgan fingerprint density at radius 2 is 2.10 bits per heavy atom. The van der Waals surface area contributed by atoms with Crippen molar-refractivity contribution in [1.29, 1.82) is 0 Å². The van der Waals surface area contributed by atoms with Crippen molar-refractivity contribution >= 4 is 21.6 Å². The van der Waals surface area contributed by atoms with Crippen LogP contribution in [0.15, 0.2) is 40.9 Å². The Labute approximate surface area is 128 Å². The first kappa shape index (κ1) is 15.4. The van der Waals surface area contributed by atoms with Crippen LogP contribution in [0.1, 0.15) is 18.6 Å². The van der Waals surface area contributed by atoms with Gasteiger partial charge in [-0.3, -0.25) is 10.1 Å². The first-order chi connectivity index (χ1) is 9.90. The second-order valence-corrected chi connectivity index (χ2v) is 5.16. The van der Waals surface area contributed by atoms with Gasteiger partial charge < -0.3 is 9.84 Å². The molecule has 2 aromatic rings. The summed E-state index contributed by atoms with van der Waals surface area (Å²) in [7, 11) is 0. The molecule has 0 aliphatic carbocycles. The monoisotopic (exact) mass is 355 g/mol. The van der Waals surface area contributed by atoms with Crippen molar-refractivity contribution < 1.29 is 19.2 Å². The zero-order valence-corrected chi connectivity index (χ0v) is 12.5. The van der Waals surface area contributed by atoms with Crippen molar-refractivity contribution in [2.24, 2.45) is 0 Å². The largest absolute Gasteiger partial charge is 0.452 e. The number of aliphatic hydroxyl groups is 1. The average Bonchev–Trinajstić information content (AvgIpc) is 2.42. The quantitative estimate of drug-likeness (QED) is 0.653. The van der Waals surface area contributed by atoms with Crippen LogP contribution in [0.25, 0.3) is 0 Å². The third-order valence-electron chi connectivity index (χ3n) is 2.79. The van der Waals surface area contributed by atoms with E-state index in [-0.39, 0.29) is 22.7 Å². The number of nitrogens with zero attached hydrogens (tertiary/aromatic N) is 1. The molecule has 7 heteroatoms. The maximum Gasteiger partial charge on any atom is 0.273 e. The van der Waals surface area contributed by atoms with Gasteiger partial charge in [-0.05, 0) is 35.0 Å². The topological polar surface area (TPSA) is 72.6 Å². The number of aliphatic hydroxyl groups excluding tert-OH is 1. The summed E-state index contributed by atoms with van der Waals surface area (Å²) in [4.78, 5) is 10.2. The number of benzene rings is 2. The average molecular weight is 356 g/mol. The van der Waals surface area contributed by atoms with E-state index in [1.165, 1.54) is 43.3 Å². The molecule has 0 fully saturated rings. The highest BCUT2D eigenvalue weighted by Gasteiger charge is 2.17. The highest BCUT2D eigenvalue weighted by molar-refractivity contribution is 9.10. The highest BCUT2D eigenvalue weighted by atomic mass is 79.9. The van der Waals surface area contributed by atoms with Crippen molar-refractivity contribution in [2.75, 3.05) is 0 Å². The Kier molecular flexibility index (Phi) is 4.54. The second-order valence-electron chi connectivity index (χ2n) is 4.31. The lowest BCUT2D eigenvalue weighted by Gasteiger charge is -2.14. The van der Waals surface area contributed by atoms with E-state index in [4.69, 9.17) is 4.74 Å². The van der Waals surface area contributed by atoms with Crippen molar-refractivity contribution in [3.63, 3.8) is 0 Å². The molecule has 0 spiro atoms. The first-order valence-electron chi connectivity index (χ1n) is 5.98. The Morgan fingerprint density at radius 3 is 2.71 bits per heavy atom. The van der Waals surface area contributed by atoms with Crippen molar-refractivity contribution in [3.05, 3.63) is 62.4 Å². The zero-order valence-electron chi connectivity index (χ0n) is 10.9. The summed E-state index contributed by atoms with van der Waals surface area (Å²) >= 11 is 3.19.